The highest BCUT2D eigenvalue weighted by Gasteiger charge is 2.42. The van der Waals surface area contributed by atoms with E-state index in [0.717, 1.165) is 12.0 Å². The molecule has 0 bridgehead atoms. The van der Waals surface area contributed by atoms with Gasteiger partial charge < -0.3 is 4.74 Å². The van der Waals surface area contributed by atoms with Gasteiger partial charge in [0.25, 0.3) is 5.91 Å². The van der Waals surface area contributed by atoms with Crippen molar-refractivity contribution in [3.63, 3.8) is 0 Å². The Morgan fingerprint density at radius 1 is 1.37 bits per heavy atom. The molecular weight excluding hydrogens is 242 g/mol. The first kappa shape index (κ1) is 13.3. The van der Waals surface area contributed by atoms with Crippen LogP contribution in [0.3, 0.4) is 0 Å². The van der Waals surface area contributed by atoms with Crippen LogP contribution < -0.4 is 0 Å². The van der Waals surface area contributed by atoms with Crippen molar-refractivity contribution in [2.24, 2.45) is 0 Å². The first-order valence-corrected chi connectivity index (χ1v) is 6.40. The lowest BCUT2D eigenvalue weighted by Crippen LogP contribution is -2.36. The summed E-state index contributed by atoms with van der Waals surface area (Å²) in [4.78, 5) is 24.9. The standard InChI is InChI=1S/C15H17NO3/c1-3-4-10-13(17)16-11(2)14(19-15(16)18)12-8-6-5-7-9-12/h4-11,14H,3H2,1-2H3/b10-4+/t11?,14-/m1/s1. The van der Waals surface area contributed by atoms with Gasteiger partial charge in [0, 0.05) is 0 Å². The number of hydrogen-bond acceptors (Lipinski definition) is 3. The fourth-order valence-electron chi connectivity index (χ4n) is 2.14. The maximum atomic E-state index is 11.9. The topological polar surface area (TPSA) is 46.6 Å². The number of benzene rings is 1. The van der Waals surface area contributed by atoms with Gasteiger partial charge in [0.2, 0.25) is 0 Å². The predicted molar refractivity (Wildman–Crippen MR) is 71.4 cm³/mol. The van der Waals surface area contributed by atoms with Gasteiger partial charge in [-0.1, -0.05) is 43.3 Å². The van der Waals surface area contributed by atoms with E-state index < -0.39 is 12.2 Å². The average molecular weight is 259 g/mol. The van der Waals surface area contributed by atoms with Gasteiger partial charge in [0.05, 0.1) is 6.04 Å². The second-order valence-electron chi connectivity index (χ2n) is 4.47. The summed E-state index contributed by atoms with van der Waals surface area (Å²) in [5.41, 5.74) is 0.901. The lowest BCUT2D eigenvalue weighted by molar-refractivity contribution is -0.124. The van der Waals surface area contributed by atoms with Crippen molar-refractivity contribution in [2.75, 3.05) is 0 Å². The predicted octanol–water partition coefficient (Wildman–Crippen LogP) is 3.06. The molecule has 0 radical (unpaired) electrons. The second-order valence-corrected chi connectivity index (χ2v) is 4.47. The van der Waals surface area contributed by atoms with Gasteiger partial charge in [0.1, 0.15) is 6.10 Å². The highest BCUT2D eigenvalue weighted by molar-refractivity contribution is 6.00. The molecule has 0 spiro atoms. The maximum absolute atomic E-state index is 11.9. The second kappa shape index (κ2) is 5.69. The fourth-order valence-corrected chi connectivity index (χ4v) is 2.14. The molecule has 0 N–H and O–H groups in total. The third-order valence-corrected chi connectivity index (χ3v) is 3.13. The van der Waals surface area contributed by atoms with E-state index in [1.165, 1.54) is 11.0 Å². The quantitative estimate of drug-likeness (QED) is 0.784. The van der Waals surface area contributed by atoms with Crippen LogP contribution in [0.1, 0.15) is 31.9 Å². The zero-order valence-electron chi connectivity index (χ0n) is 11.1. The van der Waals surface area contributed by atoms with Crippen LogP contribution in [-0.4, -0.2) is 22.9 Å². The Labute approximate surface area is 112 Å². The summed E-state index contributed by atoms with van der Waals surface area (Å²) in [7, 11) is 0. The number of cyclic esters (lactones) is 1. The third kappa shape index (κ3) is 2.67. The number of amides is 2. The lowest BCUT2D eigenvalue weighted by atomic mass is 10.0. The number of hydrogen-bond donors (Lipinski definition) is 0. The molecular formula is C15H17NO3. The normalized spacial score (nSPS) is 22.8. The van der Waals surface area contributed by atoms with Crippen molar-refractivity contribution in [1.82, 2.24) is 4.90 Å². The third-order valence-electron chi connectivity index (χ3n) is 3.13. The average Bonchev–Trinajstić information content (AvgIpc) is 2.72. The van der Waals surface area contributed by atoms with Crippen LogP contribution in [0.25, 0.3) is 0 Å². The number of nitrogens with zero attached hydrogens (tertiary/aromatic N) is 1. The molecule has 2 atom stereocenters. The zero-order valence-corrected chi connectivity index (χ0v) is 11.1. The molecule has 1 aromatic rings. The molecule has 0 aliphatic carbocycles. The molecule has 1 aromatic carbocycles. The molecule has 1 saturated heterocycles. The van der Waals surface area contributed by atoms with Crippen molar-refractivity contribution in [3.8, 4) is 0 Å². The summed E-state index contributed by atoms with van der Waals surface area (Å²) in [6.45, 7) is 3.75. The van der Waals surface area contributed by atoms with Gasteiger partial charge in [-0.2, -0.15) is 0 Å². The Morgan fingerprint density at radius 2 is 2.05 bits per heavy atom. The van der Waals surface area contributed by atoms with Gasteiger partial charge in [-0.15, -0.1) is 0 Å². The minimum Gasteiger partial charge on any atom is -0.439 e. The van der Waals surface area contributed by atoms with Crippen LogP contribution in [0.4, 0.5) is 4.79 Å². The largest absolute Gasteiger partial charge is 0.439 e. The Kier molecular flexibility index (Phi) is 4.00. The summed E-state index contributed by atoms with van der Waals surface area (Å²) < 4.78 is 5.31. The minimum absolute atomic E-state index is 0.302. The first-order valence-electron chi connectivity index (χ1n) is 6.40. The number of rotatable bonds is 3. The van der Waals surface area contributed by atoms with Gasteiger partial charge in [-0.05, 0) is 25.0 Å². The molecule has 4 heteroatoms. The van der Waals surface area contributed by atoms with Crippen LogP contribution in [-0.2, 0) is 9.53 Å². The Hall–Kier alpha value is -2.10. The van der Waals surface area contributed by atoms with E-state index in [9.17, 15) is 9.59 Å². The molecule has 1 unspecified atom stereocenters. The monoisotopic (exact) mass is 259 g/mol. The van der Waals surface area contributed by atoms with E-state index in [-0.39, 0.29) is 11.9 Å². The maximum Gasteiger partial charge on any atom is 0.417 e. The minimum atomic E-state index is -0.577. The molecule has 1 heterocycles. The molecule has 4 nitrogen and oxygen atoms in total. The fraction of sp³-hybridized carbons (Fsp3) is 0.333. The van der Waals surface area contributed by atoms with Crippen molar-refractivity contribution in [1.29, 1.82) is 0 Å². The molecule has 100 valence electrons. The highest BCUT2D eigenvalue weighted by Crippen LogP contribution is 2.32. The molecule has 19 heavy (non-hydrogen) atoms. The van der Waals surface area contributed by atoms with E-state index in [1.807, 2.05) is 44.2 Å². The van der Waals surface area contributed by atoms with E-state index in [1.54, 1.807) is 6.08 Å². The Balaban J connectivity index is 2.19. The number of allylic oxidation sites excluding steroid dienone is 1. The van der Waals surface area contributed by atoms with Crippen molar-refractivity contribution in [3.05, 3.63) is 48.0 Å². The molecule has 1 aliphatic heterocycles. The molecule has 2 rings (SSSR count). The Morgan fingerprint density at radius 3 is 2.68 bits per heavy atom. The molecule has 1 fully saturated rings. The number of imide groups is 1. The first-order chi connectivity index (χ1) is 9.15. The van der Waals surface area contributed by atoms with Gasteiger partial charge in [-0.3, -0.25) is 4.79 Å². The number of carbonyl (C=O) groups is 2. The smallest absolute Gasteiger partial charge is 0.417 e. The van der Waals surface area contributed by atoms with Crippen molar-refractivity contribution < 1.29 is 14.3 Å². The molecule has 2 amide bonds. The van der Waals surface area contributed by atoms with Gasteiger partial charge in [0.15, 0.2) is 0 Å². The summed E-state index contributed by atoms with van der Waals surface area (Å²) in [6.07, 6.45) is 2.94. The van der Waals surface area contributed by atoms with Crippen molar-refractivity contribution >= 4 is 12.0 Å². The van der Waals surface area contributed by atoms with E-state index in [0.29, 0.717) is 0 Å². The van der Waals surface area contributed by atoms with Crippen LogP contribution >= 0.6 is 0 Å². The van der Waals surface area contributed by atoms with Crippen molar-refractivity contribution in [2.45, 2.75) is 32.4 Å². The number of carbonyl (C=O) groups excluding carboxylic acids is 2. The van der Waals surface area contributed by atoms with E-state index in [2.05, 4.69) is 0 Å². The van der Waals surface area contributed by atoms with E-state index >= 15 is 0 Å². The summed E-state index contributed by atoms with van der Waals surface area (Å²) in [5.74, 6) is -0.321. The summed E-state index contributed by atoms with van der Waals surface area (Å²) in [5, 5.41) is 0. The Bertz CT molecular complexity index is 495. The van der Waals surface area contributed by atoms with Gasteiger partial charge in [-0.25, -0.2) is 9.69 Å². The molecule has 0 saturated carbocycles. The highest BCUT2D eigenvalue weighted by atomic mass is 16.6. The lowest BCUT2D eigenvalue weighted by Gasteiger charge is -2.17. The van der Waals surface area contributed by atoms with Crippen LogP contribution in [0.5, 0.6) is 0 Å². The van der Waals surface area contributed by atoms with Crippen LogP contribution in [0.2, 0.25) is 0 Å². The van der Waals surface area contributed by atoms with E-state index in [4.69, 9.17) is 4.74 Å². The summed E-state index contributed by atoms with van der Waals surface area (Å²) >= 11 is 0. The SMILES string of the molecule is CC/C=C/C(=O)N1C(=O)O[C@@H](c2ccccc2)C1C. The number of ether oxygens (including phenoxy) is 1. The van der Waals surface area contributed by atoms with Crippen LogP contribution in [0, 0.1) is 0 Å². The zero-order chi connectivity index (χ0) is 13.8. The summed E-state index contributed by atoms with van der Waals surface area (Å²) in [6, 6.07) is 9.16. The molecule has 0 aromatic heterocycles. The van der Waals surface area contributed by atoms with Crippen LogP contribution in [0.15, 0.2) is 42.5 Å². The molecule has 1 aliphatic rings. The van der Waals surface area contributed by atoms with Gasteiger partial charge >= 0.3 is 6.09 Å².